The molecular weight excluding hydrogens is 328 g/mol. The lowest BCUT2D eigenvalue weighted by atomic mass is 10.1. The Hall–Kier alpha value is -2.64. The fourth-order valence-corrected chi connectivity index (χ4v) is 4.54. The summed E-state index contributed by atoms with van der Waals surface area (Å²) in [5.41, 5.74) is 0. The molecular formula is C18H23N8+. The van der Waals surface area contributed by atoms with Crippen LogP contribution in [0.15, 0.2) is 24.9 Å². The van der Waals surface area contributed by atoms with Crippen LogP contribution in [0.3, 0.4) is 0 Å². The monoisotopic (exact) mass is 351 g/mol. The van der Waals surface area contributed by atoms with Gasteiger partial charge in [0.25, 0.3) is 5.82 Å². The molecule has 134 valence electrons. The van der Waals surface area contributed by atoms with Crippen molar-refractivity contribution < 1.29 is 4.57 Å². The molecule has 0 bridgehead atoms. The van der Waals surface area contributed by atoms with Gasteiger partial charge in [-0.15, -0.1) is 4.68 Å². The van der Waals surface area contributed by atoms with E-state index in [0.717, 1.165) is 63.6 Å². The van der Waals surface area contributed by atoms with E-state index in [0.29, 0.717) is 6.04 Å². The highest BCUT2D eigenvalue weighted by atomic mass is 15.4. The molecule has 26 heavy (non-hydrogen) atoms. The lowest BCUT2D eigenvalue weighted by Gasteiger charge is -2.23. The number of anilines is 1. The van der Waals surface area contributed by atoms with Gasteiger partial charge in [-0.1, -0.05) is 0 Å². The van der Waals surface area contributed by atoms with Gasteiger partial charge in [-0.2, -0.15) is 0 Å². The van der Waals surface area contributed by atoms with Crippen molar-refractivity contribution in [3.63, 3.8) is 0 Å². The van der Waals surface area contributed by atoms with Crippen molar-refractivity contribution in [2.24, 2.45) is 0 Å². The molecule has 0 fully saturated rings. The normalized spacial score (nSPS) is 21.5. The third kappa shape index (κ3) is 2.21. The molecule has 0 aliphatic carbocycles. The molecule has 3 aliphatic heterocycles. The molecule has 8 nitrogen and oxygen atoms in total. The van der Waals surface area contributed by atoms with Crippen LogP contribution in [0.1, 0.15) is 36.4 Å². The zero-order valence-corrected chi connectivity index (χ0v) is 14.8. The second-order valence-corrected chi connectivity index (χ2v) is 7.63. The van der Waals surface area contributed by atoms with Gasteiger partial charge in [-0.3, -0.25) is 0 Å². The molecule has 0 saturated carbocycles. The third-order valence-electron chi connectivity index (χ3n) is 6.02. The van der Waals surface area contributed by atoms with Crippen LogP contribution in [0.5, 0.6) is 0 Å². The molecule has 0 amide bonds. The maximum Gasteiger partial charge on any atom is 0.297 e. The van der Waals surface area contributed by atoms with Gasteiger partial charge in [0.1, 0.15) is 30.1 Å². The summed E-state index contributed by atoms with van der Waals surface area (Å²) >= 11 is 0. The molecule has 0 aromatic carbocycles. The minimum Gasteiger partial charge on any atom is -0.341 e. The lowest BCUT2D eigenvalue weighted by molar-refractivity contribution is -0.706. The number of rotatable bonds is 2. The second kappa shape index (κ2) is 5.43. The standard InChI is InChI=1S/C18H23N8/c1-2-16-20-17(11-22(16)6-1)24-8-9-25-13-26(21-18(25)12-24)14-3-4-15-19-5-7-23(15)10-14/h5,7,11,13-14H,1-4,6,8-10,12H2/q+1. The smallest absolute Gasteiger partial charge is 0.297 e. The molecule has 6 heterocycles. The van der Waals surface area contributed by atoms with Crippen LogP contribution in [0, 0.1) is 0 Å². The molecule has 3 aromatic rings. The first-order valence-corrected chi connectivity index (χ1v) is 9.62. The Labute approximate surface area is 151 Å². The number of aromatic nitrogens is 7. The fraction of sp³-hybridized carbons (Fsp3) is 0.556. The number of fused-ring (bicyclic) bond motifs is 3. The topological polar surface area (TPSA) is 60.6 Å². The highest BCUT2D eigenvalue weighted by Gasteiger charge is 2.31. The third-order valence-corrected chi connectivity index (χ3v) is 6.02. The molecule has 8 heteroatoms. The van der Waals surface area contributed by atoms with E-state index in [1.54, 1.807) is 0 Å². The van der Waals surface area contributed by atoms with Gasteiger partial charge < -0.3 is 14.0 Å². The van der Waals surface area contributed by atoms with E-state index in [1.807, 2.05) is 6.20 Å². The van der Waals surface area contributed by atoms with E-state index in [9.17, 15) is 0 Å². The van der Waals surface area contributed by atoms with Gasteiger partial charge in [0, 0.05) is 43.1 Å². The molecule has 6 rings (SSSR count). The van der Waals surface area contributed by atoms with E-state index in [1.165, 1.54) is 18.1 Å². The zero-order chi connectivity index (χ0) is 17.1. The van der Waals surface area contributed by atoms with E-state index < -0.39 is 0 Å². The number of hydrogen-bond donors (Lipinski definition) is 0. The average molecular weight is 351 g/mol. The lowest BCUT2D eigenvalue weighted by Crippen LogP contribution is -2.49. The number of aryl methyl sites for hydroxylation is 3. The number of imidazole rings is 2. The van der Waals surface area contributed by atoms with E-state index in [-0.39, 0.29) is 0 Å². The van der Waals surface area contributed by atoms with Gasteiger partial charge >= 0.3 is 0 Å². The summed E-state index contributed by atoms with van der Waals surface area (Å²) in [6, 6.07) is 0.416. The molecule has 0 radical (unpaired) electrons. The SMILES string of the molecule is c1cn2c(n1)CCC(n1c[n+]3c(n1)CN(c1cn4c(n1)CCC4)CC3)C2. The summed E-state index contributed by atoms with van der Waals surface area (Å²) in [5, 5.41) is 4.94. The summed E-state index contributed by atoms with van der Waals surface area (Å²) < 4.78 is 9.05. The summed E-state index contributed by atoms with van der Waals surface area (Å²) in [4.78, 5) is 11.6. The maximum absolute atomic E-state index is 4.94. The molecule has 1 unspecified atom stereocenters. The van der Waals surface area contributed by atoms with Gasteiger partial charge in [0.05, 0.1) is 19.6 Å². The van der Waals surface area contributed by atoms with Crippen molar-refractivity contribution in [2.45, 2.75) is 57.9 Å². The predicted molar refractivity (Wildman–Crippen MR) is 93.6 cm³/mol. The van der Waals surface area contributed by atoms with Crippen LogP contribution >= 0.6 is 0 Å². The van der Waals surface area contributed by atoms with Crippen LogP contribution < -0.4 is 9.47 Å². The van der Waals surface area contributed by atoms with Crippen molar-refractivity contribution in [2.75, 3.05) is 11.4 Å². The Balaban J connectivity index is 1.23. The van der Waals surface area contributed by atoms with Gasteiger partial charge in [0.15, 0.2) is 0 Å². The van der Waals surface area contributed by atoms with E-state index in [2.05, 4.69) is 47.0 Å². The van der Waals surface area contributed by atoms with Crippen molar-refractivity contribution in [1.82, 2.24) is 28.9 Å². The first-order valence-electron chi connectivity index (χ1n) is 9.62. The van der Waals surface area contributed by atoms with Crippen LogP contribution in [0.4, 0.5) is 5.82 Å². The van der Waals surface area contributed by atoms with Crippen molar-refractivity contribution in [3.8, 4) is 0 Å². The summed E-state index contributed by atoms with van der Waals surface area (Å²) in [6.07, 6.45) is 12.9. The Morgan fingerprint density at radius 2 is 2.12 bits per heavy atom. The maximum atomic E-state index is 4.94. The molecule has 3 aromatic heterocycles. The molecule has 0 N–H and O–H groups in total. The van der Waals surface area contributed by atoms with E-state index >= 15 is 0 Å². The molecule has 1 atom stereocenters. The van der Waals surface area contributed by atoms with Crippen molar-refractivity contribution in [1.29, 1.82) is 0 Å². The molecule has 0 spiro atoms. The quantitative estimate of drug-likeness (QED) is 0.638. The van der Waals surface area contributed by atoms with Gasteiger partial charge in [0.2, 0.25) is 6.33 Å². The van der Waals surface area contributed by atoms with Crippen molar-refractivity contribution in [3.05, 3.63) is 42.4 Å². The molecule has 3 aliphatic rings. The fourth-order valence-electron chi connectivity index (χ4n) is 4.54. The largest absolute Gasteiger partial charge is 0.341 e. The Morgan fingerprint density at radius 1 is 1.12 bits per heavy atom. The minimum atomic E-state index is 0.416. The average Bonchev–Trinajstić information content (AvgIpc) is 3.41. The van der Waals surface area contributed by atoms with Crippen LogP contribution in [-0.4, -0.2) is 35.4 Å². The Bertz CT molecular complexity index is 942. The minimum absolute atomic E-state index is 0.416. The summed E-state index contributed by atoms with van der Waals surface area (Å²) in [5.74, 6) is 4.69. The highest BCUT2D eigenvalue weighted by Crippen LogP contribution is 2.24. The Kier molecular flexibility index (Phi) is 3.03. The Morgan fingerprint density at radius 3 is 3.08 bits per heavy atom. The number of hydrogen-bond acceptors (Lipinski definition) is 4. The predicted octanol–water partition coefficient (Wildman–Crippen LogP) is 0.717. The van der Waals surface area contributed by atoms with E-state index in [4.69, 9.17) is 10.1 Å². The van der Waals surface area contributed by atoms with Gasteiger partial charge in [-0.25, -0.2) is 14.5 Å². The number of nitrogens with zero attached hydrogens (tertiary/aromatic N) is 8. The second-order valence-electron chi connectivity index (χ2n) is 7.63. The highest BCUT2D eigenvalue weighted by molar-refractivity contribution is 5.38. The summed E-state index contributed by atoms with van der Waals surface area (Å²) in [6.45, 7) is 4.89. The first kappa shape index (κ1) is 14.5. The summed E-state index contributed by atoms with van der Waals surface area (Å²) in [7, 11) is 0. The van der Waals surface area contributed by atoms with Gasteiger partial charge in [-0.05, 0) is 12.8 Å². The van der Waals surface area contributed by atoms with Crippen LogP contribution in [0.2, 0.25) is 0 Å². The zero-order valence-electron chi connectivity index (χ0n) is 14.8. The molecule has 0 saturated heterocycles. The van der Waals surface area contributed by atoms with Crippen LogP contribution in [-0.2, 0) is 39.0 Å². The first-order chi connectivity index (χ1) is 12.8. The van der Waals surface area contributed by atoms with Crippen molar-refractivity contribution >= 4 is 5.82 Å². The van der Waals surface area contributed by atoms with Crippen LogP contribution in [0.25, 0.3) is 0 Å².